The van der Waals surface area contributed by atoms with Gasteiger partial charge in [0.05, 0.1) is 6.20 Å². The maximum absolute atomic E-state index is 13.1. The van der Waals surface area contributed by atoms with E-state index in [1.165, 1.54) is 23.8 Å². The van der Waals surface area contributed by atoms with E-state index in [2.05, 4.69) is 15.5 Å². The van der Waals surface area contributed by atoms with Crippen molar-refractivity contribution < 1.29 is 28.9 Å². The van der Waals surface area contributed by atoms with Crippen molar-refractivity contribution in [1.82, 2.24) is 19.6 Å². The second kappa shape index (κ2) is 9.68. The molecular weight excluding hydrogens is 542 g/mol. The highest BCUT2D eigenvalue weighted by Crippen LogP contribution is 2.40. The third-order valence-electron chi connectivity index (χ3n) is 6.13. The van der Waals surface area contributed by atoms with Crippen LogP contribution in [-0.2, 0) is 25.8 Å². The summed E-state index contributed by atoms with van der Waals surface area (Å²) in [6, 6.07) is 2.75. The van der Waals surface area contributed by atoms with Crippen molar-refractivity contribution in [2.75, 3.05) is 18.6 Å². The number of carbonyl (C=O) groups is 3. The summed E-state index contributed by atoms with van der Waals surface area (Å²) < 4.78 is 3.75. The molecule has 0 bridgehead atoms. The van der Waals surface area contributed by atoms with Gasteiger partial charge in [-0.1, -0.05) is 16.8 Å². The molecule has 0 aliphatic carbocycles. The van der Waals surface area contributed by atoms with Gasteiger partial charge >= 0.3 is 5.97 Å². The van der Waals surface area contributed by atoms with Crippen molar-refractivity contribution in [3.63, 3.8) is 0 Å². The van der Waals surface area contributed by atoms with Gasteiger partial charge in [0.15, 0.2) is 23.6 Å². The smallest absolute Gasteiger partial charge is 0.352 e. The van der Waals surface area contributed by atoms with Gasteiger partial charge in [0.2, 0.25) is 5.69 Å². The van der Waals surface area contributed by atoms with Crippen molar-refractivity contribution in [1.29, 1.82) is 0 Å². The molecular formula is C22H21ClN7O5S2+. The Hall–Kier alpha value is -3.62. The molecule has 2 aliphatic rings. The predicted octanol–water partition coefficient (Wildman–Crippen LogP) is 1.02. The number of fused-ring (bicyclic) bond motifs is 2. The number of aryl methyl sites for hydroxylation is 1. The Kier molecular flexibility index (Phi) is 6.56. The zero-order valence-electron chi connectivity index (χ0n) is 19.5. The number of nitrogens with two attached hydrogens (primary N) is 1. The number of hydrogen-bond acceptors (Lipinski definition) is 9. The van der Waals surface area contributed by atoms with Crippen LogP contribution in [-0.4, -0.2) is 67.2 Å². The first-order chi connectivity index (χ1) is 17.7. The predicted molar refractivity (Wildman–Crippen MR) is 137 cm³/mol. The molecule has 1 saturated heterocycles. The van der Waals surface area contributed by atoms with Crippen molar-refractivity contribution in [2.45, 2.75) is 24.9 Å². The number of nitrogens with one attached hydrogen (secondary N) is 1. The van der Waals surface area contributed by atoms with Gasteiger partial charge in [-0.2, -0.15) is 4.57 Å². The molecule has 0 spiro atoms. The Balaban J connectivity index is 1.38. The van der Waals surface area contributed by atoms with E-state index in [1.54, 1.807) is 17.6 Å². The molecule has 3 aromatic heterocycles. The van der Waals surface area contributed by atoms with Crippen LogP contribution < -0.4 is 15.6 Å². The number of thiazole rings is 1. The molecule has 5 heterocycles. The van der Waals surface area contributed by atoms with E-state index in [4.69, 9.17) is 22.2 Å². The molecule has 2 amide bonds. The molecule has 5 rings (SSSR count). The summed E-state index contributed by atoms with van der Waals surface area (Å²) in [4.78, 5) is 48.3. The lowest BCUT2D eigenvalue weighted by Gasteiger charge is -2.49. The molecule has 12 nitrogen and oxygen atoms in total. The van der Waals surface area contributed by atoms with Crippen molar-refractivity contribution >= 4 is 68.8 Å². The quantitative estimate of drug-likeness (QED) is 0.167. The lowest BCUT2D eigenvalue weighted by molar-refractivity contribution is -0.694. The fourth-order valence-electron chi connectivity index (χ4n) is 4.36. The maximum atomic E-state index is 13.1. The number of carboxylic acids is 1. The minimum absolute atomic E-state index is 0.0718. The number of carboxylic acid groups (broad SMARTS) is 1. The second-order valence-electron chi connectivity index (χ2n) is 8.23. The number of β-lactam (4-membered cyclic amide) rings is 1. The Labute approximate surface area is 223 Å². The van der Waals surface area contributed by atoms with Crippen molar-refractivity contribution in [2.24, 2.45) is 5.16 Å². The highest BCUT2D eigenvalue weighted by Gasteiger charge is 2.54. The molecule has 0 unspecified atom stereocenters. The van der Waals surface area contributed by atoms with Crippen LogP contribution >= 0.6 is 34.7 Å². The number of carbonyl (C=O) groups excluding carboxylic acids is 2. The molecule has 0 radical (unpaired) electrons. The normalized spacial score (nSPS) is 19.6. The van der Waals surface area contributed by atoms with E-state index in [0.29, 0.717) is 16.5 Å². The number of thioether (sulfide) groups is 1. The SMILES string of the molecule is CO/N=C(\C(=O)N[C@@H]1C(=O)N2C(C(=O)O)=C(C[n+]3ccn4c(Cl)ccc4c3C)CS[C@H]12)c1csc(N)n1. The van der Waals surface area contributed by atoms with Gasteiger partial charge in [0, 0.05) is 23.6 Å². The van der Waals surface area contributed by atoms with E-state index in [9.17, 15) is 19.5 Å². The van der Waals surface area contributed by atoms with Gasteiger partial charge < -0.3 is 21.0 Å². The van der Waals surface area contributed by atoms with Crippen LogP contribution in [0.3, 0.4) is 0 Å². The van der Waals surface area contributed by atoms with Crippen LogP contribution in [0.15, 0.2) is 46.3 Å². The van der Waals surface area contributed by atoms with Gasteiger partial charge in [-0.15, -0.1) is 23.1 Å². The van der Waals surface area contributed by atoms with Crippen molar-refractivity contribution in [3.8, 4) is 0 Å². The lowest BCUT2D eigenvalue weighted by atomic mass is 10.0. The van der Waals surface area contributed by atoms with Gasteiger partial charge in [0.1, 0.15) is 40.6 Å². The van der Waals surface area contributed by atoms with E-state index in [-0.39, 0.29) is 28.8 Å². The Bertz CT molecular complexity index is 1510. The van der Waals surface area contributed by atoms with Crippen LogP contribution in [0.25, 0.3) is 5.52 Å². The molecule has 0 aromatic carbocycles. The summed E-state index contributed by atoms with van der Waals surface area (Å²) in [5.74, 6) is -2.04. The van der Waals surface area contributed by atoms with Crippen LogP contribution in [0.4, 0.5) is 5.13 Å². The molecule has 15 heteroatoms. The summed E-state index contributed by atoms with van der Waals surface area (Å²) >= 11 is 8.71. The fraction of sp³-hybridized carbons (Fsp3) is 0.273. The third-order valence-corrected chi connectivity index (χ3v) is 8.45. The van der Waals surface area contributed by atoms with Crippen molar-refractivity contribution in [3.05, 3.63) is 57.7 Å². The molecule has 192 valence electrons. The first-order valence-electron chi connectivity index (χ1n) is 10.9. The summed E-state index contributed by atoms with van der Waals surface area (Å²) in [6.07, 6.45) is 3.63. The zero-order valence-corrected chi connectivity index (χ0v) is 21.9. The third kappa shape index (κ3) is 4.30. The van der Waals surface area contributed by atoms with Crippen LogP contribution in [0.2, 0.25) is 5.15 Å². The average Bonchev–Trinajstić information content (AvgIpc) is 3.47. The summed E-state index contributed by atoms with van der Waals surface area (Å²) in [5.41, 5.74) is 8.04. The van der Waals surface area contributed by atoms with Crippen LogP contribution in [0.5, 0.6) is 0 Å². The van der Waals surface area contributed by atoms with Gasteiger partial charge in [-0.3, -0.25) is 18.9 Å². The zero-order chi connectivity index (χ0) is 26.4. The van der Waals surface area contributed by atoms with E-state index in [1.807, 2.05) is 28.2 Å². The molecule has 1 fully saturated rings. The largest absolute Gasteiger partial charge is 0.477 e. The average molecular weight is 563 g/mol. The highest BCUT2D eigenvalue weighted by molar-refractivity contribution is 8.00. The van der Waals surface area contributed by atoms with E-state index < -0.39 is 29.2 Å². The summed E-state index contributed by atoms with van der Waals surface area (Å²) in [5, 5.41) is 18.2. The topological polar surface area (TPSA) is 156 Å². The number of amides is 2. The number of anilines is 1. The number of aromatic nitrogens is 3. The van der Waals surface area contributed by atoms with Gasteiger partial charge in [-0.25, -0.2) is 9.78 Å². The van der Waals surface area contributed by atoms with Gasteiger partial charge in [0.25, 0.3) is 11.8 Å². The molecule has 4 N–H and O–H groups in total. The Morgan fingerprint density at radius 1 is 1.43 bits per heavy atom. The number of halogens is 1. The number of aliphatic carboxylic acids is 1. The summed E-state index contributed by atoms with van der Waals surface area (Å²) in [6.45, 7) is 2.20. The van der Waals surface area contributed by atoms with E-state index >= 15 is 0 Å². The Morgan fingerprint density at radius 3 is 2.89 bits per heavy atom. The second-order valence-corrected chi connectivity index (χ2v) is 10.6. The molecule has 2 atom stereocenters. The number of nitrogen functional groups attached to an aromatic ring is 1. The summed E-state index contributed by atoms with van der Waals surface area (Å²) in [7, 11) is 1.28. The minimum Gasteiger partial charge on any atom is -0.477 e. The van der Waals surface area contributed by atoms with Crippen LogP contribution in [0.1, 0.15) is 11.4 Å². The number of nitrogens with zero attached hydrogens (tertiary/aromatic N) is 5. The Morgan fingerprint density at radius 2 is 2.22 bits per heavy atom. The van der Waals surface area contributed by atoms with Gasteiger partial charge in [-0.05, 0) is 12.1 Å². The minimum atomic E-state index is -1.21. The highest BCUT2D eigenvalue weighted by atomic mass is 35.5. The monoisotopic (exact) mass is 562 g/mol. The lowest BCUT2D eigenvalue weighted by Crippen LogP contribution is -2.71. The molecule has 0 saturated carbocycles. The molecule has 37 heavy (non-hydrogen) atoms. The molecule has 3 aromatic rings. The number of hydrogen-bond donors (Lipinski definition) is 3. The first kappa shape index (κ1) is 25.0. The maximum Gasteiger partial charge on any atom is 0.352 e. The number of rotatable bonds is 7. The fourth-order valence-corrected chi connectivity index (χ4v) is 6.45. The molecule has 2 aliphatic heterocycles. The standard InChI is InChI=1S/C22H20ClN7O5S2/c1-10-13-3-4-14(23)29(13)6-5-28(10)7-11-8-36-20-16(19(32)30(20)17(11)21(33)34)26-18(31)15(27-35-2)12-9-37-22(24)25-12/h3-6,9,16,20H,7-8H2,1-2H3,(H3-,24,25,26,31,33,34)/p+1/b27-15-/t16-,20-/m1/s1. The first-order valence-corrected chi connectivity index (χ1v) is 13.2. The van der Waals surface area contributed by atoms with E-state index in [0.717, 1.165) is 22.5 Å². The van der Waals surface area contributed by atoms with Crippen LogP contribution in [0, 0.1) is 6.92 Å². The number of oxime groups is 1.